The van der Waals surface area contributed by atoms with Gasteiger partial charge in [0.05, 0.1) is 6.61 Å². The van der Waals surface area contributed by atoms with Crippen molar-refractivity contribution in [3.63, 3.8) is 0 Å². The molecule has 0 aromatic rings. The fraction of sp³-hybridized carbons (Fsp3) is 0.929. The Morgan fingerprint density at radius 3 is 2.53 bits per heavy atom. The number of likely N-dealkylation sites (tertiary alicyclic amines) is 1. The molecule has 0 saturated carbocycles. The highest BCUT2D eigenvalue weighted by atomic mass is 16.5. The van der Waals surface area contributed by atoms with E-state index in [1.165, 1.54) is 0 Å². The van der Waals surface area contributed by atoms with E-state index in [1.807, 2.05) is 6.92 Å². The molecule has 2 heterocycles. The van der Waals surface area contributed by atoms with Gasteiger partial charge in [-0.2, -0.15) is 0 Å². The van der Waals surface area contributed by atoms with Crippen LogP contribution in [0.1, 0.15) is 27.2 Å². The number of rotatable bonds is 4. The third-order valence-corrected chi connectivity index (χ3v) is 4.39. The van der Waals surface area contributed by atoms with Gasteiger partial charge in [0.15, 0.2) is 0 Å². The minimum Gasteiger partial charge on any atom is -0.465 e. The van der Waals surface area contributed by atoms with E-state index in [2.05, 4.69) is 29.0 Å². The normalized spacial score (nSPS) is 29.9. The van der Waals surface area contributed by atoms with Crippen molar-refractivity contribution in [2.75, 3.05) is 45.9 Å². The predicted molar refractivity (Wildman–Crippen MR) is 75.1 cm³/mol. The van der Waals surface area contributed by atoms with Gasteiger partial charge in [0, 0.05) is 45.3 Å². The van der Waals surface area contributed by atoms with Gasteiger partial charge in [-0.25, -0.2) is 4.79 Å². The van der Waals surface area contributed by atoms with Crippen molar-refractivity contribution in [3.8, 4) is 0 Å². The van der Waals surface area contributed by atoms with Gasteiger partial charge in [0.2, 0.25) is 0 Å². The molecule has 0 aromatic heterocycles. The molecule has 110 valence electrons. The van der Waals surface area contributed by atoms with Crippen LogP contribution in [-0.2, 0) is 9.53 Å². The lowest BCUT2D eigenvalue weighted by Crippen LogP contribution is -2.62. The molecule has 2 rings (SSSR count). The van der Waals surface area contributed by atoms with Crippen molar-refractivity contribution >= 4 is 5.97 Å². The van der Waals surface area contributed by atoms with Gasteiger partial charge in [-0.15, -0.1) is 0 Å². The Morgan fingerprint density at radius 2 is 2.00 bits per heavy atom. The minimum absolute atomic E-state index is 0.0277. The summed E-state index contributed by atoms with van der Waals surface area (Å²) < 4.78 is 5.38. The van der Waals surface area contributed by atoms with Crippen LogP contribution in [0.3, 0.4) is 0 Å². The zero-order valence-corrected chi connectivity index (χ0v) is 12.4. The third-order valence-electron chi connectivity index (χ3n) is 4.39. The second kappa shape index (κ2) is 6.20. The van der Waals surface area contributed by atoms with Gasteiger partial charge in [-0.05, 0) is 27.2 Å². The number of esters is 1. The number of nitrogens with zero attached hydrogens (tertiary/aromatic N) is 2. The minimum atomic E-state index is -0.414. The second-order valence-corrected chi connectivity index (χ2v) is 5.80. The van der Waals surface area contributed by atoms with Gasteiger partial charge in [-0.3, -0.25) is 9.80 Å². The molecule has 1 unspecified atom stereocenters. The molecule has 19 heavy (non-hydrogen) atoms. The number of ether oxygens (including phenoxy) is 1. The molecule has 0 aliphatic carbocycles. The quantitative estimate of drug-likeness (QED) is 0.744. The Balaban J connectivity index is 2.16. The summed E-state index contributed by atoms with van der Waals surface area (Å²) >= 11 is 0. The van der Waals surface area contributed by atoms with E-state index in [9.17, 15) is 4.79 Å². The maximum absolute atomic E-state index is 12.5. The standard InChI is InChI=1S/C14H27N3O2/c1-4-19-13(18)14(17-9-6-15-7-10-17)5-8-16(11-14)12(2)3/h12,15H,4-11H2,1-3H3. The molecular formula is C14H27N3O2. The number of carbonyl (C=O) groups excluding carboxylic acids is 1. The number of hydrogen-bond acceptors (Lipinski definition) is 5. The molecule has 1 N–H and O–H groups in total. The topological polar surface area (TPSA) is 44.8 Å². The van der Waals surface area contributed by atoms with Crippen molar-refractivity contribution in [1.82, 2.24) is 15.1 Å². The molecule has 0 bridgehead atoms. The predicted octanol–water partition coefficient (Wildman–Crippen LogP) is 0.308. The van der Waals surface area contributed by atoms with Crippen LogP contribution in [0.2, 0.25) is 0 Å². The zero-order valence-electron chi connectivity index (χ0n) is 12.4. The van der Waals surface area contributed by atoms with Gasteiger partial charge >= 0.3 is 5.97 Å². The maximum Gasteiger partial charge on any atom is 0.327 e. The average Bonchev–Trinajstić information content (AvgIpc) is 2.86. The summed E-state index contributed by atoms with van der Waals surface area (Å²) in [6.45, 7) is 12.3. The molecule has 2 fully saturated rings. The fourth-order valence-corrected chi connectivity index (χ4v) is 3.18. The van der Waals surface area contributed by atoms with E-state index in [1.54, 1.807) is 0 Å². The van der Waals surface area contributed by atoms with Crippen molar-refractivity contribution in [2.45, 2.75) is 38.8 Å². The molecule has 0 spiro atoms. The zero-order chi connectivity index (χ0) is 13.9. The Morgan fingerprint density at radius 1 is 1.32 bits per heavy atom. The molecule has 5 heteroatoms. The van der Waals surface area contributed by atoms with Gasteiger partial charge < -0.3 is 10.1 Å². The molecule has 0 radical (unpaired) electrons. The van der Waals surface area contributed by atoms with Crippen LogP contribution in [0.4, 0.5) is 0 Å². The van der Waals surface area contributed by atoms with Crippen molar-refractivity contribution < 1.29 is 9.53 Å². The van der Waals surface area contributed by atoms with Crippen molar-refractivity contribution in [2.24, 2.45) is 0 Å². The SMILES string of the molecule is CCOC(=O)C1(N2CCNCC2)CCN(C(C)C)C1. The highest BCUT2D eigenvalue weighted by Gasteiger charge is 2.50. The van der Waals surface area contributed by atoms with Crippen LogP contribution < -0.4 is 5.32 Å². The summed E-state index contributed by atoms with van der Waals surface area (Å²) in [4.78, 5) is 17.2. The van der Waals surface area contributed by atoms with Crippen LogP contribution >= 0.6 is 0 Å². The summed E-state index contributed by atoms with van der Waals surface area (Å²) in [6, 6.07) is 0.485. The van der Waals surface area contributed by atoms with E-state index < -0.39 is 5.54 Å². The Labute approximate surface area is 116 Å². The number of piperazine rings is 1. The lowest BCUT2D eigenvalue weighted by Gasteiger charge is -2.41. The Hall–Kier alpha value is -0.650. The summed E-state index contributed by atoms with van der Waals surface area (Å²) in [5.74, 6) is -0.0277. The van der Waals surface area contributed by atoms with E-state index in [4.69, 9.17) is 4.74 Å². The number of hydrogen-bond donors (Lipinski definition) is 1. The van der Waals surface area contributed by atoms with Gasteiger partial charge in [-0.1, -0.05) is 0 Å². The summed E-state index contributed by atoms with van der Waals surface area (Å²) in [7, 11) is 0. The van der Waals surface area contributed by atoms with Gasteiger partial charge in [0.1, 0.15) is 5.54 Å². The number of carbonyl (C=O) groups is 1. The summed E-state index contributed by atoms with van der Waals surface area (Å²) in [6.07, 6.45) is 0.893. The van der Waals surface area contributed by atoms with Gasteiger partial charge in [0.25, 0.3) is 0 Å². The lowest BCUT2D eigenvalue weighted by atomic mass is 9.95. The first kappa shape index (κ1) is 14.8. The molecule has 2 saturated heterocycles. The van der Waals surface area contributed by atoms with Crippen LogP contribution in [0.5, 0.6) is 0 Å². The number of nitrogens with one attached hydrogen (secondary N) is 1. The fourth-order valence-electron chi connectivity index (χ4n) is 3.18. The van der Waals surface area contributed by atoms with Crippen LogP contribution in [0.15, 0.2) is 0 Å². The monoisotopic (exact) mass is 269 g/mol. The van der Waals surface area contributed by atoms with Crippen molar-refractivity contribution in [3.05, 3.63) is 0 Å². The first-order valence-electron chi connectivity index (χ1n) is 7.47. The second-order valence-electron chi connectivity index (χ2n) is 5.80. The van der Waals surface area contributed by atoms with E-state index in [0.29, 0.717) is 12.6 Å². The molecule has 5 nitrogen and oxygen atoms in total. The van der Waals surface area contributed by atoms with E-state index in [0.717, 1.165) is 45.7 Å². The first-order valence-corrected chi connectivity index (χ1v) is 7.47. The van der Waals surface area contributed by atoms with Crippen LogP contribution in [0.25, 0.3) is 0 Å². The largest absolute Gasteiger partial charge is 0.465 e. The van der Waals surface area contributed by atoms with Crippen LogP contribution in [-0.4, -0.2) is 73.2 Å². The summed E-state index contributed by atoms with van der Waals surface area (Å²) in [5.41, 5.74) is -0.414. The third kappa shape index (κ3) is 2.93. The average molecular weight is 269 g/mol. The molecule has 2 aliphatic rings. The maximum atomic E-state index is 12.5. The van der Waals surface area contributed by atoms with Crippen molar-refractivity contribution in [1.29, 1.82) is 0 Å². The molecule has 2 aliphatic heterocycles. The highest BCUT2D eigenvalue weighted by molar-refractivity contribution is 5.81. The first-order chi connectivity index (χ1) is 9.10. The Bertz CT molecular complexity index is 316. The summed E-state index contributed by atoms with van der Waals surface area (Å²) in [5, 5.41) is 3.35. The highest BCUT2D eigenvalue weighted by Crippen LogP contribution is 2.31. The molecule has 0 amide bonds. The molecule has 0 aromatic carbocycles. The smallest absolute Gasteiger partial charge is 0.327 e. The lowest BCUT2D eigenvalue weighted by molar-refractivity contribution is -0.158. The van der Waals surface area contributed by atoms with Crippen LogP contribution in [0, 0.1) is 0 Å². The van der Waals surface area contributed by atoms with E-state index in [-0.39, 0.29) is 5.97 Å². The van der Waals surface area contributed by atoms with E-state index >= 15 is 0 Å². The molecular weight excluding hydrogens is 242 g/mol. The molecule has 1 atom stereocenters. The Kier molecular flexibility index (Phi) is 4.81.